The summed E-state index contributed by atoms with van der Waals surface area (Å²) in [5.74, 6) is -2.09. The first kappa shape index (κ1) is 22.4. The number of Topliss-reactive ketones (excluding diaryl/α,β-unsaturated/α-hetero) is 1. The fourth-order valence-electron chi connectivity index (χ4n) is 4.04. The van der Waals surface area contributed by atoms with Gasteiger partial charge in [-0.15, -0.1) is 0 Å². The van der Waals surface area contributed by atoms with E-state index in [2.05, 4.69) is 18.8 Å². The maximum Gasteiger partial charge on any atom is 0.295 e. The summed E-state index contributed by atoms with van der Waals surface area (Å²) in [6, 6.07) is 14.7. The third kappa shape index (κ3) is 4.29. The number of benzene rings is 2. The lowest BCUT2D eigenvalue weighted by Gasteiger charge is -2.25. The van der Waals surface area contributed by atoms with Gasteiger partial charge >= 0.3 is 0 Å². The standard InChI is InChI=1S/C27H25FN2O3/c1-16(2)19-8-10-20(11-9-19)24-23(25(31)21-7-6-17(3)22(28)13-21)26(32)27(33)30(24)15-18-5-4-12-29-14-18/h4-14,16,24,31H,15H2,1-3H3/b25-23+. The molecule has 1 N–H and O–H groups in total. The molecule has 1 aliphatic rings. The molecule has 3 aromatic rings. The van der Waals surface area contributed by atoms with Crippen LogP contribution in [0.15, 0.2) is 72.6 Å². The highest BCUT2D eigenvalue weighted by Crippen LogP contribution is 2.40. The number of halogens is 1. The zero-order chi connectivity index (χ0) is 23.7. The fraction of sp³-hybridized carbons (Fsp3) is 0.222. The zero-order valence-electron chi connectivity index (χ0n) is 18.7. The van der Waals surface area contributed by atoms with Crippen molar-refractivity contribution in [3.8, 4) is 0 Å². The molecule has 6 heteroatoms. The number of pyridine rings is 1. The van der Waals surface area contributed by atoms with Gasteiger partial charge in [-0.1, -0.05) is 56.3 Å². The molecule has 1 aromatic heterocycles. The van der Waals surface area contributed by atoms with Crippen molar-refractivity contribution in [1.29, 1.82) is 0 Å². The van der Waals surface area contributed by atoms with E-state index in [4.69, 9.17) is 0 Å². The van der Waals surface area contributed by atoms with Gasteiger partial charge < -0.3 is 10.0 Å². The number of carbonyl (C=O) groups excluding carboxylic acids is 2. The van der Waals surface area contributed by atoms with E-state index in [1.807, 2.05) is 30.3 Å². The lowest BCUT2D eigenvalue weighted by molar-refractivity contribution is -0.140. The molecule has 5 nitrogen and oxygen atoms in total. The average molecular weight is 445 g/mol. The normalized spacial score (nSPS) is 17.7. The van der Waals surface area contributed by atoms with Gasteiger partial charge in [0, 0.05) is 24.5 Å². The lowest BCUT2D eigenvalue weighted by atomic mass is 9.93. The second-order valence-electron chi connectivity index (χ2n) is 8.57. The summed E-state index contributed by atoms with van der Waals surface area (Å²) in [5, 5.41) is 11.1. The minimum Gasteiger partial charge on any atom is -0.507 e. The molecule has 0 aliphatic carbocycles. The molecule has 1 unspecified atom stereocenters. The Morgan fingerprint density at radius 1 is 1.12 bits per heavy atom. The van der Waals surface area contributed by atoms with Gasteiger partial charge in [-0.2, -0.15) is 0 Å². The SMILES string of the molecule is Cc1ccc(/C(O)=C2\C(=O)C(=O)N(Cc3cccnc3)C2c2ccc(C(C)C)cc2)cc1F. The van der Waals surface area contributed by atoms with Crippen LogP contribution in [0.4, 0.5) is 4.39 Å². The summed E-state index contributed by atoms with van der Waals surface area (Å²) in [4.78, 5) is 31.7. The van der Waals surface area contributed by atoms with E-state index in [1.165, 1.54) is 17.0 Å². The second kappa shape index (κ2) is 8.98. The Labute approximate surface area is 192 Å². The third-order valence-electron chi connectivity index (χ3n) is 5.98. The van der Waals surface area contributed by atoms with Crippen molar-refractivity contribution in [2.75, 3.05) is 0 Å². The van der Waals surface area contributed by atoms with Crippen LogP contribution in [0, 0.1) is 12.7 Å². The molecule has 33 heavy (non-hydrogen) atoms. The molecule has 2 aromatic carbocycles. The fourth-order valence-corrected chi connectivity index (χ4v) is 4.04. The first-order valence-electron chi connectivity index (χ1n) is 10.8. The van der Waals surface area contributed by atoms with Gasteiger partial charge in [-0.25, -0.2) is 4.39 Å². The molecule has 4 rings (SSSR count). The molecule has 1 fully saturated rings. The molecule has 168 valence electrons. The van der Waals surface area contributed by atoms with Crippen molar-refractivity contribution >= 4 is 17.4 Å². The number of aliphatic hydroxyl groups is 1. The third-order valence-corrected chi connectivity index (χ3v) is 5.98. The Kier molecular flexibility index (Phi) is 6.09. The van der Waals surface area contributed by atoms with Gasteiger partial charge in [0.15, 0.2) is 0 Å². The summed E-state index contributed by atoms with van der Waals surface area (Å²) in [5.41, 5.74) is 3.08. The Hall–Kier alpha value is -3.80. The van der Waals surface area contributed by atoms with E-state index in [1.54, 1.807) is 31.5 Å². The highest BCUT2D eigenvalue weighted by Gasteiger charge is 2.46. The van der Waals surface area contributed by atoms with Crippen LogP contribution in [0.1, 0.15) is 53.6 Å². The average Bonchev–Trinajstić information content (AvgIpc) is 3.06. The van der Waals surface area contributed by atoms with E-state index in [9.17, 15) is 19.1 Å². The highest BCUT2D eigenvalue weighted by atomic mass is 19.1. The van der Waals surface area contributed by atoms with Crippen LogP contribution < -0.4 is 0 Å². The van der Waals surface area contributed by atoms with Gasteiger partial charge in [-0.3, -0.25) is 14.6 Å². The van der Waals surface area contributed by atoms with Crippen LogP contribution in [0.25, 0.3) is 5.76 Å². The maximum atomic E-state index is 14.2. The van der Waals surface area contributed by atoms with E-state index >= 15 is 0 Å². The molecule has 0 saturated carbocycles. The summed E-state index contributed by atoms with van der Waals surface area (Å²) >= 11 is 0. The van der Waals surface area contributed by atoms with Crippen molar-refractivity contribution in [3.63, 3.8) is 0 Å². The molecule has 0 spiro atoms. The second-order valence-corrected chi connectivity index (χ2v) is 8.57. The van der Waals surface area contributed by atoms with E-state index in [0.717, 1.165) is 11.1 Å². The van der Waals surface area contributed by atoms with Crippen molar-refractivity contribution in [1.82, 2.24) is 9.88 Å². The van der Waals surface area contributed by atoms with Gasteiger partial charge in [0.2, 0.25) is 0 Å². The Morgan fingerprint density at radius 3 is 2.45 bits per heavy atom. The van der Waals surface area contributed by atoms with Crippen LogP contribution in [0.5, 0.6) is 0 Å². The number of aromatic nitrogens is 1. The van der Waals surface area contributed by atoms with Crippen LogP contribution in [-0.2, 0) is 16.1 Å². The van der Waals surface area contributed by atoms with Crippen LogP contribution in [0.2, 0.25) is 0 Å². The summed E-state index contributed by atoms with van der Waals surface area (Å²) < 4.78 is 14.2. The number of aliphatic hydroxyl groups excluding tert-OH is 1. The van der Waals surface area contributed by atoms with Crippen molar-refractivity contribution in [2.45, 2.75) is 39.3 Å². The topological polar surface area (TPSA) is 70.5 Å². The molecule has 1 saturated heterocycles. The number of ketones is 1. The zero-order valence-corrected chi connectivity index (χ0v) is 18.7. The van der Waals surface area contributed by atoms with Crippen molar-refractivity contribution in [3.05, 3.63) is 106 Å². The van der Waals surface area contributed by atoms with Crippen LogP contribution in [0.3, 0.4) is 0 Å². The number of nitrogens with zero attached hydrogens (tertiary/aromatic N) is 2. The molecule has 2 heterocycles. The van der Waals surface area contributed by atoms with E-state index in [-0.39, 0.29) is 23.4 Å². The smallest absolute Gasteiger partial charge is 0.295 e. The predicted octanol–water partition coefficient (Wildman–Crippen LogP) is 5.27. The Bertz CT molecular complexity index is 1230. The molecule has 1 atom stereocenters. The number of likely N-dealkylation sites (tertiary alicyclic amines) is 1. The Balaban J connectivity index is 1.86. The summed E-state index contributed by atoms with van der Waals surface area (Å²) in [6.07, 6.45) is 3.26. The van der Waals surface area contributed by atoms with Gasteiger partial charge in [0.05, 0.1) is 11.6 Å². The van der Waals surface area contributed by atoms with Crippen LogP contribution in [-0.4, -0.2) is 26.7 Å². The minimum atomic E-state index is -0.809. The number of amides is 1. The molecule has 0 bridgehead atoms. The predicted molar refractivity (Wildman–Crippen MR) is 124 cm³/mol. The largest absolute Gasteiger partial charge is 0.507 e. The van der Waals surface area contributed by atoms with Gasteiger partial charge in [0.25, 0.3) is 11.7 Å². The number of hydrogen-bond acceptors (Lipinski definition) is 4. The lowest BCUT2D eigenvalue weighted by Crippen LogP contribution is -2.29. The quantitative estimate of drug-likeness (QED) is 0.330. The summed E-state index contributed by atoms with van der Waals surface area (Å²) in [6.45, 7) is 5.92. The minimum absolute atomic E-state index is 0.0514. The van der Waals surface area contributed by atoms with Gasteiger partial charge in [0.1, 0.15) is 11.6 Å². The molecular weight excluding hydrogens is 419 g/mol. The van der Waals surface area contributed by atoms with Crippen molar-refractivity contribution < 1.29 is 19.1 Å². The first-order chi connectivity index (χ1) is 15.8. The number of rotatable bonds is 5. The molecular formula is C27H25FN2O3. The highest BCUT2D eigenvalue weighted by molar-refractivity contribution is 6.46. The van der Waals surface area contributed by atoms with Crippen LogP contribution >= 0.6 is 0 Å². The molecule has 1 amide bonds. The summed E-state index contributed by atoms with van der Waals surface area (Å²) in [7, 11) is 0. The number of hydrogen-bond donors (Lipinski definition) is 1. The van der Waals surface area contributed by atoms with E-state index in [0.29, 0.717) is 17.0 Å². The maximum absolute atomic E-state index is 14.2. The number of aryl methyl sites for hydroxylation is 1. The number of carbonyl (C=O) groups is 2. The molecule has 0 radical (unpaired) electrons. The Morgan fingerprint density at radius 2 is 1.85 bits per heavy atom. The first-order valence-corrected chi connectivity index (χ1v) is 10.8. The monoisotopic (exact) mass is 444 g/mol. The van der Waals surface area contributed by atoms with Crippen molar-refractivity contribution in [2.24, 2.45) is 0 Å². The van der Waals surface area contributed by atoms with E-state index < -0.39 is 23.5 Å². The van der Waals surface area contributed by atoms with Gasteiger partial charge in [-0.05, 0) is 47.2 Å². The molecule has 1 aliphatic heterocycles.